The molecule has 0 aliphatic rings. The van der Waals surface area contributed by atoms with E-state index in [1.54, 1.807) is 24.5 Å². The van der Waals surface area contributed by atoms with Gasteiger partial charge in [0.15, 0.2) is 0 Å². The Morgan fingerprint density at radius 2 is 1.96 bits per heavy atom. The van der Waals surface area contributed by atoms with Gasteiger partial charge in [0.25, 0.3) is 5.91 Å². The van der Waals surface area contributed by atoms with Crippen LogP contribution >= 0.6 is 22.7 Å². The Morgan fingerprint density at radius 1 is 1.12 bits per heavy atom. The molecular formula is C17H17N3O3S2. The fourth-order valence-electron chi connectivity index (χ4n) is 2.16. The second-order valence-electron chi connectivity index (χ2n) is 5.18. The van der Waals surface area contributed by atoms with Gasteiger partial charge in [-0.05, 0) is 24.3 Å². The van der Waals surface area contributed by atoms with Crippen LogP contribution in [0.5, 0.6) is 0 Å². The minimum atomic E-state index is -0.265. The second kappa shape index (κ2) is 8.19. The van der Waals surface area contributed by atoms with E-state index in [4.69, 9.17) is 4.74 Å². The number of thiazole rings is 1. The number of amides is 2. The largest absolute Gasteiger partial charge is 0.383 e. The van der Waals surface area contributed by atoms with E-state index >= 15 is 0 Å². The molecule has 2 heterocycles. The van der Waals surface area contributed by atoms with Crippen molar-refractivity contribution in [3.8, 4) is 9.88 Å². The molecular weight excluding hydrogens is 358 g/mol. The molecule has 8 heteroatoms. The highest BCUT2D eigenvalue weighted by Crippen LogP contribution is 2.34. The molecule has 3 rings (SSSR count). The fraction of sp³-hybridized carbons (Fsp3) is 0.235. The van der Waals surface area contributed by atoms with Crippen molar-refractivity contribution in [2.45, 2.75) is 0 Å². The van der Waals surface area contributed by atoms with E-state index in [-0.39, 0.29) is 18.4 Å². The molecule has 2 N–H and O–H groups in total. The molecule has 2 amide bonds. The number of nitrogens with one attached hydrogen (secondary N) is 2. The van der Waals surface area contributed by atoms with Crippen LogP contribution in [0.1, 0.15) is 9.67 Å². The summed E-state index contributed by atoms with van der Waals surface area (Å²) in [7, 11) is 1.56. The molecule has 2 aromatic heterocycles. The van der Waals surface area contributed by atoms with E-state index in [0.717, 1.165) is 20.1 Å². The van der Waals surface area contributed by atoms with E-state index in [1.807, 2.05) is 30.3 Å². The molecule has 0 radical (unpaired) electrons. The number of benzene rings is 1. The van der Waals surface area contributed by atoms with E-state index < -0.39 is 0 Å². The summed E-state index contributed by atoms with van der Waals surface area (Å²) in [6.07, 6.45) is 0. The number of carbonyl (C=O) groups excluding carboxylic acids is 2. The van der Waals surface area contributed by atoms with Crippen LogP contribution in [-0.4, -0.2) is 43.6 Å². The Labute approximate surface area is 152 Å². The molecule has 3 aromatic rings. The van der Waals surface area contributed by atoms with Gasteiger partial charge in [-0.2, -0.15) is 0 Å². The predicted molar refractivity (Wildman–Crippen MR) is 100 cm³/mol. The van der Waals surface area contributed by atoms with Gasteiger partial charge in [-0.15, -0.1) is 22.7 Å². The molecule has 0 saturated heterocycles. The SMILES string of the molecule is COCCNC(=O)CNC(=O)c1ccc(-c2nc3ccccc3s2)s1. The maximum Gasteiger partial charge on any atom is 0.261 e. The highest BCUT2D eigenvalue weighted by Gasteiger charge is 2.13. The smallest absolute Gasteiger partial charge is 0.261 e. The van der Waals surface area contributed by atoms with Crippen molar-refractivity contribution in [1.82, 2.24) is 15.6 Å². The summed E-state index contributed by atoms with van der Waals surface area (Å²) in [6.45, 7) is 0.805. The van der Waals surface area contributed by atoms with Crippen LogP contribution in [-0.2, 0) is 9.53 Å². The van der Waals surface area contributed by atoms with Crippen molar-refractivity contribution in [1.29, 1.82) is 0 Å². The maximum atomic E-state index is 12.2. The van der Waals surface area contributed by atoms with Crippen LogP contribution in [0.3, 0.4) is 0 Å². The minimum absolute atomic E-state index is 0.0586. The maximum absolute atomic E-state index is 12.2. The summed E-state index contributed by atoms with van der Waals surface area (Å²) in [5.41, 5.74) is 0.953. The number of rotatable bonds is 7. The molecule has 0 fully saturated rings. The van der Waals surface area contributed by atoms with Gasteiger partial charge in [-0.1, -0.05) is 12.1 Å². The second-order valence-corrected chi connectivity index (χ2v) is 7.29. The third kappa shape index (κ3) is 4.41. The predicted octanol–water partition coefficient (Wildman–Crippen LogP) is 2.52. The summed E-state index contributed by atoms with van der Waals surface area (Å²) in [5, 5.41) is 6.16. The van der Waals surface area contributed by atoms with Crippen LogP contribution in [0.25, 0.3) is 20.1 Å². The number of para-hydroxylation sites is 1. The molecule has 0 aliphatic carbocycles. The normalized spacial score (nSPS) is 10.8. The lowest BCUT2D eigenvalue weighted by molar-refractivity contribution is -0.120. The number of fused-ring (bicyclic) bond motifs is 1. The van der Waals surface area contributed by atoms with Crippen LogP contribution in [0.4, 0.5) is 0 Å². The Hall–Kier alpha value is -2.29. The summed E-state index contributed by atoms with van der Waals surface area (Å²) in [5.74, 6) is -0.507. The zero-order valence-electron chi connectivity index (χ0n) is 13.6. The standard InChI is InChI=1S/C17H17N3O3S2/c1-23-9-8-18-15(21)10-19-16(22)13-6-7-14(24-13)17-20-11-4-2-3-5-12(11)25-17/h2-7H,8-10H2,1H3,(H,18,21)(H,19,22). The zero-order chi connectivity index (χ0) is 17.6. The quantitative estimate of drug-likeness (QED) is 0.622. The van der Waals surface area contributed by atoms with E-state index in [9.17, 15) is 9.59 Å². The van der Waals surface area contributed by atoms with E-state index in [0.29, 0.717) is 18.0 Å². The Morgan fingerprint density at radius 3 is 2.76 bits per heavy atom. The summed E-state index contributed by atoms with van der Waals surface area (Å²) in [4.78, 5) is 29.9. The highest BCUT2D eigenvalue weighted by molar-refractivity contribution is 7.26. The number of hydrogen-bond acceptors (Lipinski definition) is 6. The third-order valence-electron chi connectivity index (χ3n) is 3.37. The van der Waals surface area contributed by atoms with Crippen molar-refractivity contribution in [2.75, 3.05) is 26.8 Å². The summed E-state index contributed by atoms with van der Waals surface area (Å²) >= 11 is 2.96. The molecule has 6 nitrogen and oxygen atoms in total. The number of aromatic nitrogens is 1. The van der Waals surface area contributed by atoms with Gasteiger partial charge in [0.05, 0.1) is 33.1 Å². The number of methoxy groups -OCH3 is 1. The monoisotopic (exact) mass is 375 g/mol. The first-order chi connectivity index (χ1) is 12.2. The van der Waals surface area contributed by atoms with Gasteiger partial charge in [-0.3, -0.25) is 9.59 Å². The lowest BCUT2D eigenvalue weighted by Gasteiger charge is -2.05. The molecule has 0 bridgehead atoms. The van der Waals surface area contributed by atoms with Crippen LogP contribution in [0.2, 0.25) is 0 Å². The third-order valence-corrected chi connectivity index (χ3v) is 5.66. The molecule has 0 aliphatic heterocycles. The fourth-order valence-corrected chi connectivity index (χ4v) is 4.10. The van der Waals surface area contributed by atoms with E-state index in [1.165, 1.54) is 11.3 Å². The van der Waals surface area contributed by atoms with Crippen LogP contribution < -0.4 is 10.6 Å². The topological polar surface area (TPSA) is 80.3 Å². The molecule has 1 aromatic carbocycles. The Balaban J connectivity index is 1.60. The summed E-state index contributed by atoms with van der Waals surface area (Å²) in [6, 6.07) is 11.6. The number of carbonyl (C=O) groups is 2. The molecule has 0 atom stereocenters. The van der Waals surface area contributed by atoms with Gasteiger partial charge in [0.2, 0.25) is 5.91 Å². The van der Waals surface area contributed by atoms with Crippen molar-refractivity contribution >= 4 is 44.7 Å². The molecule has 0 spiro atoms. The molecule has 25 heavy (non-hydrogen) atoms. The average molecular weight is 375 g/mol. The first-order valence-electron chi connectivity index (χ1n) is 7.67. The number of hydrogen-bond donors (Lipinski definition) is 2. The number of thiophene rings is 1. The highest BCUT2D eigenvalue weighted by atomic mass is 32.1. The summed E-state index contributed by atoms with van der Waals surface area (Å²) < 4.78 is 5.96. The van der Waals surface area contributed by atoms with E-state index in [2.05, 4.69) is 15.6 Å². The van der Waals surface area contributed by atoms with Crippen LogP contribution in [0, 0.1) is 0 Å². The van der Waals surface area contributed by atoms with Crippen molar-refractivity contribution in [2.24, 2.45) is 0 Å². The van der Waals surface area contributed by atoms with Crippen molar-refractivity contribution in [3.05, 3.63) is 41.3 Å². The first kappa shape index (κ1) is 17.5. The molecule has 0 saturated carbocycles. The Bertz CT molecular complexity index is 855. The van der Waals surface area contributed by atoms with Crippen molar-refractivity contribution < 1.29 is 14.3 Å². The molecule has 130 valence electrons. The van der Waals surface area contributed by atoms with Crippen molar-refractivity contribution in [3.63, 3.8) is 0 Å². The van der Waals surface area contributed by atoms with Gasteiger partial charge in [-0.25, -0.2) is 4.98 Å². The van der Waals surface area contributed by atoms with Crippen LogP contribution in [0.15, 0.2) is 36.4 Å². The van der Waals surface area contributed by atoms with Gasteiger partial charge in [0.1, 0.15) is 5.01 Å². The first-order valence-corrected chi connectivity index (χ1v) is 9.30. The molecule has 0 unspecified atom stereocenters. The lowest BCUT2D eigenvalue weighted by Crippen LogP contribution is -2.37. The minimum Gasteiger partial charge on any atom is -0.383 e. The van der Waals surface area contributed by atoms with Gasteiger partial charge in [0, 0.05) is 13.7 Å². The number of ether oxygens (including phenoxy) is 1. The Kier molecular flexibility index (Phi) is 5.75. The zero-order valence-corrected chi connectivity index (χ0v) is 15.2. The number of nitrogens with zero attached hydrogens (tertiary/aromatic N) is 1. The average Bonchev–Trinajstić information content (AvgIpc) is 3.26. The van der Waals surface area contributed by atoms with Gasteiger partial charge >= 0.3 is 0 Å². The van der Waals surface area contributed by atoms with Gasteiger partial charge < -0.3 is 15.4 Å². The lowest BCUT2D eigenvalue weighted by atomic mass is 10.3.